The van der Waals surface area contributed by atoms with E-state index in [1.165, 1.54) is 0 Å². The van der Waals surface area contributed by atoms with Gasteiger partial charge in [0.1, 0.15) is 0 Å². The van der Waals surface area contributed by atoms with Gasteiger partial charge in [-0.15, -0.1) is 0 Å². The van der Waals surface area contributed by atoms with Crippen molar-refractivity contribution in [1.82, 2.24) is 5.32 Å². The molecule has 0 unspecified atom stereocenters. The van der Waals surface area contributed by atoms with Crippen molar-refractivity contribution >= 4 is 17.5 Å². The van der Waals surface area contributed by atoms with E-state index in [1.807, 2.05) is 18.2 Å². The summed E-state index contributed by atoms with van der Waals surface area (Å²) in [4.78, 5) is 12.3. The molecule has 142 valence electrons. The van der Waals surface area contributed by atoms with Gasteiger partial charge in [0.2, 0.25) is 5.91 Å². The van der Waals surface area contributed by atoms with Crippen molar-refractivity contribution in [1.29, 1.82) is 0 Å². The van der Waals surface area contributed by atoms with Crippen molar-refractivity contribution in [2.75, 3.05) is 13.2 Å². The van der Waals surface area contributed by atoms with E-state index >= 15 is 0 Å². The molecule has 5 heteroatoms. The lowest BCUT2D eigenvalue weighted by atomic mass is 9.59. The molecular weight excluding hydrogens is 350 g/mol. The predicted molar refractivity (Wildman–Crippen MR) is 101 cm³/mol. The van der Waals surface area contributed by atoms with Gasteiger partial charge in [-0.05, 0) is 59.6 Å². The van der Waals surface area contributed by atoms with Gasteiger partial charge in [0.25, 0.3) is 0 Å². The molecule has 0 aromatic heterocycles. The summed E-state index contributed by atoms with van der Waals surface area (Å²) in [5.41, 5.74) is 1.29. The zero-order chi connectivity index (χ0) is 18.5. The number of fused-ring (bicyclic) bond motifs is 1. The molecule has 2 saturated carbocycles. The number of ether oxygens (including phenoxy) is 1. The van der Waals surface area contributed by atoms with E-state index in [1.54, 1.807) is 0 Å². The number of benzene rings is 1. The first kappa shape index (κ1) is 18.3. The molecule has 1 aliphatic heterocycles. The number of amides is 1. The van der Waals surface area contributed by atoms with Gasteiger partial charge < -0.3 is 15.2 Å². The summed E-state index contributed by atoms with van der Waals surface area (Å²) in [7, 11) is 0. The van der Waals surface area contributed by atoms with Crippen LogP contribution >= 0.6 is 11.6 Å². The molecule has 1 aromatic carbocycles. The first-order chi connectivity index (χ1) is 12.4. The third kappa shape index (κ3) is 2.69. The third-order valence-electron chi connectivity index (χ3n) is 7.33. The van der Waals surface area contributed by atoms with Gasteiger partial charge in [-0.3, -0.25) is 4.79 Å². The highest BCUT2D eigenvalue weighted by molar-refractivity contribution is 6.30. The van der Waals surface area contributed by atoms with E-state index in [9.17, 15) is 4.79 Å². The Balaban J connectivity index is 1.67. The summed E-state index contributed by atoms with van der Waals surface area (Å²) < 4.78 is 6.24. The van der Waals surface area contributed by atoms with Gasteiger partial charge >= 0.3 is 0 Å². The first-order valence-electron chi connectivity index (χ1n) is 9.66. The Bertz CT molecular complexity index is 706. The minimum absolute atomic E-state index is 0.0424. The number of aliphatic hydroxyl groups excluding tert-OH is 1. The van der Waals surface area contributed by atoms with E-state index in [0.717, 1.165) is 29.8 Å². The zero-order valence-electron chi connectivity index (χ0n) is 15.5. The highest BCUT2D eigenvalue weighted by Gasteiger charge is 2.68. The Hall–Kier alpha value is -1.10. The number of halogens is 1. The van der Waals surface area contributed by atoms with Crippen LogP contribution in [0.15, 0.2) is 24.3 Å². The highest BCUT2D eigenvalue weighted by atomic mass is 35.5. The van der Waals surface area contributed by atoms with Crippen LogP contribution in [0, 0.1) is 22.7 Å². The standard InChI is InChI=1S/C21H28ClNO3/c1-20(2)14-11-16-18(13-4-3-5-15(22)10-13)26-9-7-21(16,12-14)19(20)23-17(25)6-8-24/h3-5,10,14,16,18-19,24H,6-9,11-12H2,1-2H3,(H,23,25)/t14-,16-,18-,19-,21+/m1/s1. The molecule has 3 fully saturated rings. The van der Waals surface area contributed by atoms with E-state index in [2.05, 4.69) is 25.2 Å². The minimum Gasteiger partial charge on any atom is -0.396 e. The summed E-state index contributed by atoms with van der Waals surface area (Å²) in [5.74, 6) is 0.930. The van der Waals surface area contributed by atoms with E-state index in [4.69, 9.17) is 21.4 Å². The maximum Gasteiger partial charge on any atom is 0.222 e. The fraction of sp³-hybridized carbons (Fsp3) is 0.667. The zero-order valence-corrected chi connectivity index (χ0v) is 16.3. The number of carbonyl (C=O) groups is 1. The van der Waals surface area contributed by atoms with Gasteiger partial charge in [0.05, 0.1) is 12.7 Å². The Morgan fingerprint density at radius 2 is 2.23 bits per heavy atom. The summed E-state index contributed by atoms with van der Waals surface area (Å²) in [6.45, 7) is 5.18. The Morgan fingerprint density at radius 1 is 1.42 bits per heavy atom. The number of aliphatic hydroxyl groups is 1. The van der Waals surface area contributed by atoms with Crippen LogP contribution in [-0.4, -0.2) is 30.3 Å². The topological polar surface area (TPSA) is 58.6 Å². The van der Waals surface area contributed by atoms with Gasteiger partial charge in [0.15, 0.2) is 0 Å². The highest BCUT2D eigenvalue weighted by Crippen LogP contribution is 2.70. The fourth-order valence-electron chi connectivity index (χ4n) is 6.14. The quantitative estimate of drug-likeness (QED) is 0.840. The van der Waals surface area contributed by atoms with E-state index in [-0.39, 0.29) is 41.9 Å². The predicted octanol–water partition coefficient (Wildman–Crippen LogP) is 3.72. The fourth-order valence-corrected chi connectivity index (χ4v) is 6.33. The maximum atomic E-state index is 12.3. The second kappa shape index (κ2) is 6.50. The summed E-state index contributed by atoms with van der Waals surface area (Å²) in [6.07, 6.45) is 3.48. The Labute approximate surface area is 160 Å². The minimum atomic E-state index is -0.104. The van der Waals surface area contributed by atoms with Crippen molar-refractivity contribution in [3.05, 3.63) is 34.9 Å². The molecular formula is C21H28ClNO3. The monoisotopic (exact) mass is 377 g/mol. The average molecular weight is 378 g/mol. The molecule has 1 aromatic rings. The molecule has 5 atom stereocenters. The number of hydrogen-bond donors (Lipinski definition) is 2. The lowest BCUT2D eigenvalue weighted by Crippen LogP contribution is -2.59. The molecule has 1 spiro atoms. The molecule has 1 saturated heterocycles. The SMILES string of the molecule is CC1(C)[C@@H]2C[C@@H]3[C@@H](c4cccc(Cl)c4)OCC[C@@]3(C2)[C@@H]1NC(=O)CCO. The number of nitrogens with one attached hydrogen (secondary N) is 1. The molecule has 2 N–H and O–H groups in total. The molecule has 1 heterocycles. The third-order valence-corrected chi connectivity index (χ3v) is 7.56. The van der Waals surface area contributed by atoms with Crippen LogP contribution in [0.2, 0.25) is 5.02 Å². The van der Waals surface area contributed by atoms with Crippen LogP contribution in [0.3, 0.4) is 0 Å². The molecule has 2 aliphatic carbocycles. The van der Waals surface area contributed by atoms with Crippen LogP contribution in [0.4, 0.5) is 0 Å². The van der Waals surface area contributed by atoms with Crippen molar-refractivity contribution in [3.63, 3.8) is 0 Å². The Kier molecular flexibility index (Phi) is 4.57. The number of rotatable bonds is 4. The normalized spacial score (nSPS) is 37.4. The molecule has 26 heavy (non-hydrogen) atoms. The van der Waals surface area contributed by atoms with Gasteiger partial charge in [-0.25, -0.2) is 0 Å². The lowest BCUT2D eigenvalue weighted by Gasteiger charge is -2.53. The summed E-state index contributed by atoms with van der Waals surface area (Å²) in [6, 6.07) is 8.13. The van der Waals surface area contributed by atoms with Crippen LogP contribution in [0.1, 0.15) is 51.2 Å². The van der Waals surface area contributed by atoms with Crippen molar-refractivity contribution in [2.45, 2.75) is 51.7 Å². The second-order valence-electron chi connectivity index (χ2n) is 8.87. The molecule has 4 nitrogen and oxygen atoms in total. The van der Waals surface area contributed by atoms with Crippen molar-refractivity contribution in [3.8, 4) is 0 Å². The maximum absolute atomic E-state index is 12.3. The van der Waals surface area contributed by atoms with Crippen LogP contribution < -0.4 is 5.32 Å². The summed E-state index contributed by atoms with van der Waals surface area (Å²) in [5, 5.41) is 13.2. The van der Waals surface area contributed by atoms with Crippen molar-refractivity contribution < 1.29 is 14.6 Å². The van der Waals surface area contributed by atoms with Crippen molar-refractivity contribution in [2.24, 2.45) is 22.7 Å². The average Bonchev–Trinajstić information content (AvgIpc) is 3.08. The van der Waals surface area contributed by atoms with Gasteiger partial charge in [-0.1, -0.05) is 37.6 Å². The van der Waals surface area contributed by atoms with E-state index < -0.39 is 0 Å². The largest absolute Gasteiger partial charge is 0.396 e. The van der Waals surface area contributed by atoms with Gasteiger partial charge in [-0.2, -0.15) is 0 Å². The smallest absolute Gasteiger partial charge is 0.222 e. The summed E-state index contributed by atoms with van der Waals surface area (Å²) >= 11 is 6.23. The molecule has 2 bridgehead atoms. The Morgan fingerprint density at radius 3 is 2.96 bits per heavy atom. The first-order valence-corrected chi connectivity index (χ1v) is 10.0. The molecule has 4 rings (SSSR count). The molecule has 3 aliphatic rings. The van der Waals surface area contributed by atoms with Crippen LogP contribution in [0.5, 0.6) is 0 Å². The molecule has 1 amide bonds. The van der Waals surface area contributed by atoms with Gasteiger partial charge in [0, 0.05) is 24.1 Å². The van der Waals surface area contributed by atoms with Crippen LogP contribution in [-0.2, 0) is 9.53 Å². The molecule has 0 radical (unpaired) electrons. The second-order valence-corrected chi connectivity index (χ2v) is 9.30. The number of hydrogen-bond acceptors (Lipinski definition) is 3. The van der Waals surface area contributed by atoms with Crippen LogP contribution in [0.25, 0.3) is 0 Å². The number of carbonyl (C=O) groups excluding carboxylic acids is 1. The lowest BCUT2D eigenvalue weighted by molar-refractivity contribution is -0.137. The van der Waals surface area contributed by atoms with E-state index in [0.29, 0.717) is 18.4 Å².